The zero-order chi connectivity index (χ0) is 12.0. The maximum absolute atomic E-state index is 10.6. The van der Waals surface area contributed by atoms with Gasteiger partial charge < -0.3 is 15.1 Å². The number of carbonyl (C=O) groups excluding carboxylic acids is 1. The van der Waals surface area contributed by atoms with Gasteiger partial charge in [-0.1, -0.05) is 35.5 Å². The average Bonchev–Trinajstić information content (AvgIpc) is 2.30. The standard InChI is InChI=1S/C10H9NO5/c12-9(13)10(14)16-6-8(11-15)7-4-2-1-3-5-7/h1-5,15H,6H2,(H,12,13)/b11-8-. The van der Waals surface area contributed by atoms with Crippen LogP contribution in [0, 0.1) is 0 Å². The molecule has 2 N–H and O–H groups in total. The first-order chi connectivity index (χ1) is 7.65. The first-order valence-electron chi connectivity index (χ1n) is 4.31. The van der Waals surface area contributed by atoms with Crippen LogP contribution in [-0.4, -0.2) is 34.6 Å². The van der Waals surface area contributed by atoms with Crippen LogP contribution in [0.2, 0.25) is 0 Å². The average molecular weight is 223 g/mol. The monoisotopic (exact) mass is 223 g/mol. The van der Waals surface area contributed by atoms with Gasteiger partial charge >= 0.3 is 11.9 Å². The highest BCUT2D eigenvalue weighted by atomic mass is 16.6. The van der Waals surface area contributed by atoms with Gasteiger partial charge in [0.25, 0.3) is 0 Å². The number of nitrogens with zero attached hydrogens (tertiary/aromatic N) is 1. The van der Waals surface area contributed by atoms with Crippen LogP contribution in [0.5, 0.6) is 0 Å². The number of aliphatic carboxylic acids is 1. The quantitative estimate of drug-likeness (QED) is 0.255. The number of carbonyl (C=O) groups is 2. The van der Waals surface area contributed by atoms with Crippen LogP contribution in [0.3, 0.4) is 0 Å². The number of oxime groups is 1. The molecule has 0 aromatic heterocycles. The summed E-state index contributed by atoms with van der Waals surface area (Å²) in [4.78, 5) is 20.8. The SMILES string of the molecule is O=C(O)C(=O)OC/C(=N/O)c1ccccc1. The Morgan fingerprint density at radius 3 is 2.38 bits per heavy atom. The van der Waals surface area contributed by atoms with Gasteiger partial charge in [0.2, 0.25) is 0 Å². The molecule has 6 nitrogen and oxygen atoms in total. The highest BCUT2D eigenvalue weighted by molar-refractivity contribution is 6.29. The van der Waals surface area contributed by atoms with Crippen molar-refractivity contribution < 1.29 is 24.6 Å². The van der Waals surface area contributed by atoms with Crippen molar-refractivity contribution >= 4 is 17.7 Å². The fourth-order valence-corrected chi connectivity index (χ4v) is 0.996. The Balaban J connectivity index is 2.65. The summed E-state index contributed by atoms with van der Waals surface area (Å²) in [5.41, 5.74) is 0.624. The van der Waals surface area contributed by atoms with Crippen molar-refractivity contribution in [3.05, 3.63) is 35.9 Å². The smallest absolute Gasteiger partial charge is 0.417 e. The molecule has 0 amide bonds. The summed E-state index contributed by atoms with van der Waals surface area (Å²) in [6, 6.07) is 8.47. The lowest BCUT2D eigenvalue weighted by Gasteiger charge is -2.04. The van der Waals surface area contributed by atoms with Gasteiger partial charge in [-0.2, -0.15) is 0 Å². The Morgan fingerprint density at radius 2 is 1.88 bits per heavy atom. The lowest BCUT2D eigenvalue weighted by molar-refractivity contribution is -0.162. The molecule has 0 aliphatic heterocycles. The number of rotatable bonds is 3. The van der Waals surface area contributed by atoms with E-state index in [2.05, 4.69) is 9.89 Å². The minimum Gasteiger partial charge on any atom is -0.473 e. The molecule has 16 heavy (non-hydrogen) atoms. The van der Waals surface area contributed by atoms with Crippen molar-refractivity contribution in [2.24, 2.45) is 5.16 Å². The fourth-order valence-electron chi connectivity index (χ4n) is 0.996. The van der Waals surface area contributed by atoms with E-state index >= 15 is 0 Å². The van der Waals surface area contributed by atoms with Crippen molar-refractivity contribution in [2.45, 2.75) is 0 Å². The first-order valence-corrected chi connectivity index (χ1v) is 4.31. The number of ether oxygens (including phenoxy) is 1. The molecule has 0 aliphatic carbocycles. The van der Waals surface area contributed by atoms with E-state index in [0.29, 0.717) is 5.56 Å². The van der Waals surface area contributed by atoms with E-state index in [1.807, 2.05) is 0 Å². The molecular weight excluding hydrogens is 214 g/mol. The van der Waals surface area contributed by atoms with E-state index in [1.165, 1.54) is 0 Å². The topological polar surface area (TPSA) is 96.2 Å². The van der Waals surface area contributed by atoms with Crippen molar-refractivity contribution in [2.75, 3.05) is 6.61 Å². The second-order valence-corrected chi connectivity index (χ2v) is 2.79. The molecule has 0 unspecified atom stereocenters. The molecule has 0 fully saturated rings. The summed E-state index contributed by atoms with van der Waals surface area (Å²) in [7, 11) is 0. The predicted octanol–water partition coefficient (Wildman–Crippen LogP) is 0.493. The molecule has 6 heteroatoms. The molecule has 1 aromatic rings. The lowest BCUT2D eigenvalue weighted by atomic mass is 10.1. The molecule has 1 aromatic carbocycles. The molecule has 0 saturated heterocycles. The molecule has 0 bridgehead atoms. The number of carboxylic acids is 1. The number of hydrogen-bond donors (Lipinski definition) is 2. The predicted molar refractivity (Wildman–Crippen MR) is 53.4 cm³/mol. The van der Waals surface area contributed by atoms with Gasteiger partial charge in [0.05, 0.1) is 0 Å². The van der Waals surface area contributed by atoms with E-state index in [9.17, 15) is 9.59 Å². The molecule has 0 spiro atoms. The largest absolute Gasteiger partial charge is 0.473 e. The minimum absolute atomic E-state index is 0.0789. The van der Waals surface area contributed by atoms with Gasteiger partial charge in [0.1, 0.15) is 12.3 Å². The molecule has 0 saturated carbocycles. The van der Waals surface area contributed by atoms with Gasteiger partial charge in [-0.3, -0.25) is 0 Å². The van der Waals surface area contributed by atoms with Gasteiger partial charge in [-0.15, -0.1) is 0 Å². The number of hydrogen-bond acceptors (Lipinski definition) is 5. The zero-order valence-corrected chi connectivity index (χ0v) is 8.16. The van der Waals surface area contributed by atoms with Crippen molar-refractivity contribution in [1.29, 1.82) is 0 Å². The van der Waals surface area contributed by atoms with Crippen molar-refractivity contribution in [1.82, 2.24) is 0 Å². The highest BCUT2D eigenvalue weighted by Gasteiger charge is 2.14. The van der Waals surface area contributed by atoms with Crippen LogP contribution in [0.4, 0.5) is 0 Å². The van der Waals surface area contributed by atoms with Crippen LogP contribution in [-0.2, 0) is 14.3 Å². The van der Waals surface area contributed by atoms with Crippen LogP contribution < -0.4 is 0 Å². The van der Waals surface area contributed by atoms with Crippen LogP contribution in [0.15, 0.2) is 35.5 Å². The second-order valence-electron chi connectivity index (χ2n) is 2.79. The van der Waals surface area contributed by atoms with E-state index in [-0.39, 0.29) is 5.71 Å². The third kappa shape index (κ3) is 3.09. The van der Waals surface area contributed by atoms with Crippen LogP contribution in [0.25, 0.3) is 0 Å². The Morgan fingerprint density at radius 1 is 1.25 bits per heavy atom. The lowest BCUT2D eigenvalue weighted by Crippen LogP contribution is -2.21. The maximum Gasteiger partial charge on any atom is 0.417 e. The molecule has 1 rings (SSSR count). The van der Waals surface area contributed by atoms with Crippen LogP contribution >= 0.6 is 0 Å². The molecular formula is C10H9NO5. The Labute approximate surface area is 90.8 Å². The van der Waals surface area contributed by atoms with E-state index in [0.717, 1.165) is 0 Å². The summed E-state index contributed by atoms with van der Waals surface area (Å²) in [6.07, 6.45) is 0. The summed E-state index contributed by atoms with van der Waals surface area (Å²) in [5, 5.41) is 19.9. The summed E-state index contributed by atoms with van der Waals surface area (Å²) in [6.45, 7) is -0.397. The molecule has 0 heterocycles. The third-order valence-electron chi connectivity index (χ3n) is 1.74. The third-order valence-corrected chi connectivity index (χ3v) is 1.74. The van der Waals surface area contributed by atoms with Gasteiger partial charge in [-0.05, 0) is 0 Å². The molecule has 0 atom stereocenters. The maximum atomic E-state index is 10.6. The normalized spacial score (nSPS) is 10.9. The summed E-state index contributed by atoms with van der Waals surface area (Å²) >= 11 is 0. The van der Waals surface area contributed by atoms with Crippen LogP contribution in [0.1, 0.15) is 5.56 Å². The number of benzene rings is 1. The van der Waals surface area contributed by atoms with Gasteiger partial charge in [-0.25, -0.2) is 9.59 Å². The second kappa shape index (κ2) is 5.50. The van der Waals surface area contributed by atoms with E-state index in [4.69, 9.17) is 10.3 Å². The Kier molecular flexibility index (Phi) is 4.02. The van der Waals surface area contributed by atoms with Gasteiger partial charge in [0, 0.05) is 5.56 Å². The van der Waals surface area contributed by atoms with Crippen molar-refractivity contribution in [3.63, 3.8) is 0 Å². The Bertz CT molecular complexity index is 412. The summed E-state index contributed by atoms with van der Waals surface area (Å²) in [5.74, 6) is -3.08. The first kappa shape index (κ1) is 11.7. The molecule has 0 aliphatic rings. The highest BCUT2D eigenvalue weighted by Crippen LogP contribution is 2.01. The van der Waals surface area contributed by atoms with E-state index in [1.54, 1.807) is 30.3 Å². The number of carboxylic acid groups (broad SMARTS) is 1. The summed E-state index contributed by atoms with van der Waals surface area (Å²) < 4.78 is 4.38. The van der Waals surface area contributed by atoms with E-state index < -0.39 is 18.5 Å². The van der Waals surface area contributed by atoms with Crippen molar-refractivity contribution in [3.8, 4) is 0 Å². The Hall–Kier alpha value is -2.37. The molecule has 84 valence electrons. The van der Waals surface area contributed by atoms with Gasteiger partial charge in [0.15, 0.2) is 0 Å². The minimum atomic E-state index is -1.69. The number of esters is 1. The molecule has 0 radical (unpaired) electrons. The zero-order valence-electron chi connectivity index (χ0n) is 8.16. The fraction of sp³-hybridized carbons (Fsp3) is 0.100.